The summed E-state index contributed by atoms with van der Waals surface area (Å²) in [6.45, 7) is 1.96. The Morgan fingerprint density at radius 1 is 1.15 bits per heavy atom. The molecule has 20 heavy (non-hydrogen) atoms. The number of fused-ring (bicyclic) bond motifs is 1. The van der Waals surface area contributed by atoms with E-state index in [1.165, 1.54) is 18.2 Å². The minimum atomic E-state index is -0.474. The minimum absolute atomic E-state index is 0.187. The van der Waals surface area contributed by atoms with E-state index in [0.717, 1.165) is 16.5 Å². The molecule has 3 N–H and O–H groups in total. The van der Waals surface area contributed by atoms with Crippen molar-refractivity contribution in [2.75, 3.05) is 5.73 Å². The summed E-state index contributed by atoms with van der Waals surface area (Å²) in [5, 5.41) is 0.818. The van der Waals surface area contributed by atoms with E-state index >= 15 is 0 Å². The molecule has 0 aliphatic heterocycles. The van der Waals surface area contributed by atoms with Crippen molar-refractivity contribution in [3.63, 3.8) is 0 Å². The lowest BCUT2D eigenvalue weighted by molar-refractivity contribution is 0.104. The number of anilines is 1. The monoisotopic (exact) mass is 268 g/mol. The molecule has 1 aromatic heterocycles. The van der Waals surface area contributed by atoms with Gasteiger partial charge in [0.2, 0.25) is 0 Å². The molecule has 0 saturated heterocycles. The van der Waals surface area contributed by atoms with E-state index in [4.69, 9.17) is 5.73 Å². The molecule has 100 valence electrons. The number of nitrogens with two attached hydrogens (primary N) is 1. The highest BCUT2D eigenvalue weighted by molar-refractivity contribution is 6.18. The molecule has 0 aliphatic carbocycles. The van der Waals surface area contributed by atoms with Crippen LogP contribution in [0.2, 0.25) is 0 Å². The molecular formula is C16H13FN2O. The van der Waals surface area contributed by atoms with Gasteiger partial charge in [-0.3, -0.25) is 4.79 Å². The summed E-state index contributed by atoms with van der Waals surface area (Å²) < 4.78 is 13.3. The fraction of sp³-hybridized carbons (Fsp3) is 0.0625. The number of carbonyl (C=O) groups excluding carboxylic acids is 1. The highest BCUT2D eigenvalue weighted by atomic mass is 19.1. The summed E-state index contributed by atoms with van der Waals surface area (Å²) in [4.78, 5) is 15.6. The number of hydrogen-bond donors (Lipinski definition) is 2. The largest absolute Gasteiger partial charge is 0.398 e. The van der Waals surface area contributed by atoms with Crippen molar-refractivity contribution in [3.05, 3.63) is 65.1 Å². The topological polar surface area (TPSA) is 58.9 Å². The van der Waals surface area contributed by atoms with Crippen molar-refractivity contribution in [1.82, 2.24) is 4.98 Å². The molecule has 0 amide bonds. The number of halogens is 1. The summed E-state index contributed by atoms with van der Waals surface area (Å²) >= 11 is 0. The average Bonchev–Trinajstić information content (AvgIpc) is 2.83. The number of aromatic nitrogens is 1. The Morgan fingerprint density at radius 3 is 2.75 bits per heavy atom. The van der Waals surface area contributed by atoms with E-state index in [9.17, 15) is 9.18 Å². The third kappa shape index (κ3) is 1.95. The molecule has 4 heteroatoms. The standard InChI is InChI=1S/C16H13FN2O/c1-9-2-5-15-11(6-9)13(8-19-15)16(20)12-7-10(17)3-4-14(12)18/h2-8,19H,18H2,1H3. The molecule has 0 fully saturated rings. The maximum Gasteiger partial charge on any atom is 0.197 e. The molecule has 0 radical (unpaired) electrons. The second-order valence-electron chi connectivity index (χ2n) is 4.81. The zero-order valence-electron chi connectivity index (χ0n) is 10.9. The third-order valence-corrected chi connectivity index (χ3v) is 3.34. The highest BCUT2D eigenvalue weighted by Gasteiger charge is 2.17. The molecule has 3 aromatic rings. The Labute approximate surface area is 115 Å². The second kappa shape index (κ2) is 4.49. The first-order valence-corrected chi connectivity index (χ1v) is 6.24. The van der Waals surface area contributed by atoms with Gasteiger partial charge in [-0.05, 0) is 37.3 Å². The van der Waals surface area contributed by atoms with E-state index in [-0.39, 0.29) is 17.0 Å². The van der Waals surface area contributed by atoms with Crippen molar-refractivity contribution in [2.45, 2.75) is 6.92 Å². The number of nitrogens with one attached hydrogen (secondary N) is 1. The van der Waals surface area contributed by atoms with Crippen LogP contribution in [0.25, 0.3) is 10.9 Å². The minimum Gasteiger partial charge on any atom is -0.398 e. The molecule has 0 bridgehead atoms. The smallest absolute Gasteiger partial charge is 0.197 e. The Balaban J connectivity index is 2.17. The van der Waals surface area contributed by atoms with Gasteiger partial charge in [-0.15, -0.1) is 0 Å². The summed E-state index contributed by atoms with van der Waals surface area (Å²) in [7, 11) is 0. The van der Waals surface area contributed by atoms with Crippen LogP contribution in [-0.2, 0) is 0 Å². The number of aryl methyl sites for hydroxylation is 1. The van der Waals surface area contributed by atoms with E-state index < -0.39 is 5.82 Å². The van der Waals surface area contributed by atoms with Gasteiger partial charge < -0.3 is 10.7 Å². The normalized spacial score (nSPS) is 10.9. The Hall–Kier alpha value is -2.62. The van der Waals surface area contributed by atoms with Crippen molar-refractivity contribution < 1.29 is 9.18 Å². The summed E-state index contributed by atoms with van der Waals surface area (Å²) in [5.74, 6) is -0.752. The SMILES string of the molecule is Cc1ccc2[nH]cc(C(=O)c3cc(F)ccc3N)c2c1. The number of aromatic amines is 1. The first-order valence-electron chi connectivity index (χ1n) is 6.24. The fourth-order valence-electron chi connectivity index (χ4n) is 2.29. The van der Waals surface area contributed by atoms with Gasteiger partial charge in [-0.1, -0.05) is 11.6 Å². The Morgan fingerprint density at radius 2 is 1.95 bits per heavy atom. The molecule has 3 rings (SSSR count). The molecular weight excluding hydrogens is 255 g/mol. The lowest BCUT2D eigenvalue weighted by Crippen LogP contribution is -2.05. The fourth-order valence-corrected chi connectivity index (χ4v) is 2.29. The van der Waals surface area contributed by atoms with Crippen LogP contribution in [-0.4, -0.2) is 10.8 Å². The van der Waals surface area contributed by atoms with Crippen LogP contribution < -0.4 is 5.73 Å². The van der Waals surface area contributed by atoms with Crippen molar-refractivity contribution in [3.8, 4) is 0 Å². The van der Waals surface area contributed by atoms with Gasteiger partial charge in [0.25, 0.3) is 0 Å². The van der Waals surface area contributed by atoms with Crippen LogP contribution in [0.3, 0.4) is 0 Å². The van der Waals surface area contributed by atoms with Crippen molar-refractivity contribution in [1.29, 1.82) is 0 Å². The Bertz CT molecular complexity index is 820. The lowest BCUT2D eigenvalue weighted by Gasteiger charge is -2.04. The van der Waals surface area contributed by atoms with E-state index in [1.54, 1.807) is 6.20 Å². The molecule has 0 atom stereocenters. The van der Waals surface area contributed by atoms with Crippen LogP contribution in [0.1, 0.15) is 21.5 Å². The number of rotatable bonds is 2. The predicted octanol–water partition coefficient (Wildman–Crippen LogP) is 3.43. The zero-order valence-corrected chi connectivity index (χ0v) is 10.9. The van der Waals surface area contributed by atoms with E-state index in [0.29, 0.717) is 5.56 Å². The number of carbonyl (C=O) groups is 1. The van der Waals surface area contributed by atoms with Gasteiger partial charge in [-0.2, -0.15) is 0 Å². The molecule has 0 aliphatic rings. The molecule has 1 heterocycles. The van der Waals surface area contributed by atoms with Gasteiger partial charge in [0.05, 0.1) is 0 Å². The summed E-state index contributed by atoms with van der Waals surface area (Å²) in [6, 6.07) is 9.62. The number of hydrogen-bond acceptors (Lipinski definition) is 2. The lowest BCUT2D eigenvalue weighted by atomic mass is 10.0. The summed E-state index contributed by atoms with van der Waals surface area (Å²) in [5.41, 5.74) is 8.66. The van der Waals surface area contributed by atoms with Crippen LogP contribution >= 0.6 is 0 Å². The average molecular weight is 268 g/mol. The molecule has 2 aromatic carbocycles. The number of H-pyrrole nitrogens is 1. The van der Waals surface area contributed by atoms with E-state index in [1.807, 2.05) is 25.1 Å². The van der Waals surface area contributed by atoms with Gasteiger partial charge in [0.15, 0.2) is 5.78 Å². The van der Waals surface area contributed by atoms with Crippen molar-refractivity contribution in [2.24, 2.45) is 0 Å². The van der Waals surface area contributed by atoms with Gasteiger partial charge in [0, 0.05) is 33.9 Å². The van der Waals surface area contributed by atoms with E-state index in [2.05, 4.69) is 4.98 Å². The maximum absolute atomic E-state index is 13.3. The summed E-state index contributed by atoms with van der Waals surface area (Å²) in [6.07, 6.45) is 1.64. The van der Waals surface area contributed by atoms with Crippen LogP contribution in [0.15, 0.2) is 42.6 Å². The molecule has 0 saturated carbocycles. The Kier molecular flexibility index (Phi) is 2.79. The molecule has 0 spiro atoms. The highest BCUT2D eigenvalue weighted by Crippen LogP contribution is 2.24. The second-order valence-corrected chi connectivity index (χ2v) is 4.81. The predicted molar refractivity (Wildman–Crippen MR) is 77.3 cm³/mol. The third-order valence-electron chi connectivity index (χ3n) is 3.34. The zero-order chi connectivity index (χ0) is 14.3. The van der Waals surface area contributed by atoms with Crippen LogP contribution in [0, 0.1) is 12.7 Å². The van der Waals surface area contributed by atoms with Gasteiger partial charge in [-0.25, -0.2) is 4.39 Å². The first-order chi connectivity index (χ1) is 9.56. The number of benzene rings is 2. The van der Waals surface area contributed by atoms with Gasteiger partial charge in [0.1, 0.15) is 5.82 Å². The van der Waals surface area contributed by atoms with Crippen LogP contribution in [0.5, 0.6) is 0 Å². The van der Waals surface area contributed by atoms with Crippen molar-refractivity contribution >= 4 is 22.4 Å². The van der Waals surface area contributed by atoms with Gasteiger partial charge >= 0.3 is 0 Å². The van der Waals surface area contributed by atoms with Crippen LogP contribution in [0.4, 0.5) is 10.1 Å². The molecule has 3 nitrogen and oxygen atoms in total. The number of ketones is 1. The number of nitrogen functional groups attached to an aromatic ring is 1. The first kappa shape index (κ1) is 12.4. The molecule has 0 unspecified atom stereocenters. The quantitative estimate of drug-likeness (QED) is 0.552. The maximum atomic E-state index is 13.3.